The average Bonchev–Trinajstić information content (AvgIpc) is 3.05. The Balaban J connectivity index is 1.57. The van der Waals surface area contributed by atoms with Gasteiger partial charge in [0, 0.05) is 48.9 Å². The summed E-state index contributed by atoms with van der Waals surface area (Å²) in [6.45, 7) is 14.5. The number of halogens is 1. The second-order valence-corrected chi connectivity index (χ2v) is 12.2. The first kappa shape index (κ1) is 33.9. The van der Waals surface area contributed by atoms with Crippen molar-refractivity contribution < 1.29 is 4.79 Å². The van der Waals surface area contributed by atoms with E-state index in [1.54, 1.807) is 0 Å². The summed E-state index contributed by atoms with van der Waals surface area (Å²) in [5.41, 5.74) is 5.88. The minimum atomic E-state index is -0.413. The second kappa shape index (κ2) is 17.5. The van der Waals surface area contributed by atoms with E-state index in [9.17, 15) is 4.79 Å². The van der Waals surface area contributed by atoms with E-state index in [0.29, 0.717) is 18.0 Å². The van der Waals surface area contributed by atoms with E-state index < -0.39 is 6.04 Å². The van der Waals surface area contributed by atoms with Crippen molar-refractivity contribution in [2.75, 3.05) is 52.9 Å². The monoisotopic (exact) mass is 615 g/mol. The third-order valence-electron chi connectivity index (χ3n) is 8.74. The number of nitrogens with zero attached hydrogens (tertiary/aromatic N) is 2. The molecular weight excluding hydrogens is 566 g/mol. The minimum absolute atomic E-state index is 0.0933. The van der Waals surface area contributed by atoms with Gasteiger partial charge in [-0.3, -0.25) is 9.69 Å². The van der Waals surface area contributed by atoms with Crippen LogP contribution in [-0.4, -0.2) is 74.5 Å². The number of hydrogen-bond acceptors (Lipinski definition) is 6. The Morgan fingerprint density at radius 2 is 1.73 bits per heavy atom. The topological polar surface area (TPSA) is 59.6 Å². The standard InChI is InChI=1S/C37H50ClN5O/c1-5-42(6-2)26-36(31-13-8-7-9-14-31)43(23-22-39-4)27-37(44)35(25-29-16-18-32(38)19-17-29)41-28(3)24-34-33-15-11-10-12-30(33)20-21-40-34/h7-19,34-36,39-41H,3,5-6,20-27H2,1-2,4H3. The lowest BCUT2D eigenvalue weighted by atomic mass is 9.91. The first-order chi connectivity index (χ1) is 21.4. The molecule has 0 aromatic heterocycles. The molecule has 0 aliphatic carbocycles. The third kappa shape index (κ3) is 9.75. The lowest BCUT2D eigenvalue weighted by Gasteiger charge is -2.36. The molecule has 3 aromatic rings. The van der Waals surface area contributed by atoms with Gasteiger partial charge in [0.25, 0.3) is 0 Å². The van der Waals surface area contributed by atoms with Crippen LogP contribution in [0, 0.1) is 0 Å². The van der Waals surface area contributed by atoms with Crippen LogP contribution >= 0.6 is 11.6 Å². The fraction of sp³-hybridized carbons (Fsp3) is 0.432. The zero-order chi connectivity index (χ0) is 31.3. The maximum absolute atomic E-state index is 14.4. The highest BCUT2D eigenvalue weighted by molar-refractivity contribution is 6.30. The van der Waals surface area contributed by atoms with E-state index in [-0.39, 0.29) is 17.9 Å². The normalized spacial score (nSPS) is 16.0. The Labute approximate surface area is 269 Å². The molecule has 3 atom stereocenters. The van der Waals surface area contributed by atoms with Crippen LogP contribution in [0.15, 0.2) is 91.1 Å². The van der Waals surface area contributed by atoms with E-state index >= 15 is 0 Å². The van der Waals surface area contributed by atoms with Gasteiger partial charge in [0.2, 0.25) is 0 Å². The smallest absolute Gasteiger partial charge is 0.169 e. The first-order valence-electron chi connectivity index (χ1n) is 16.1. The molecular formula is C37H50ClN5O. The Bertz CT molecular complexity index is 1310. The number of ketones is 1. The molecule has 0 saturated carbocycles. The molecule has 0 spiro atoms. The number of nitrogens with one attached hydrogen (secondary N) is 3. The number of fused-ring (bicyclic) bond motifs is 1. The van der Waals surface area contributed by atoms with Gasteiger partial charge in [-0.05, 0) is 73.9 Å². The summed E-state index contributed by atoms with van der Waals surface area (Å²) in [5, 5.41) is 11.2. The van der Waals surface area contributed by atoms with Crippen molar-refractivity contribution in [1.29, 1.82) is 0 Å². The van der Waals surface area contributed by atoms with Crippen molar-refractivity contribution in [2.45, 2.75) is 51.2 Å². The fourth-order valence-corrected chi connectivity index (χ4v) is 6.30. The minimum Gasteiger partial charge on any atom is -0.379 e. The number of Topliss-reactive ketones (excluding diaryl/α,β-unsaturated/α-hetero) is 1. The van der Waals surface area contributed by atoms with Crippen LogP contribution in [0.25, 0.3) is 0 Å². The Morgan fingerprint density at radius 3 is 2.43 bits per heavy atom. The predicted molar refractivity (Wildman–Crippen MR) is 184 cm³/mol. The van der Waals surface area contributed by atoms with Crippen molar-refractivity contribution >= 4 is 17.4 Å². The molecule has 0 fully saturated rings. The van der Waals surface area contributed by atoms with Gasteiger partial charge in [-0.2, -0.15) is 0 Å². The molecule has 1 aliphatic heterocycles. The summed E-state index contributed by atoms with van der Waals surface area (Å²) in [6.07, 6.45) is 2.32. The van der Waals surface area contributed by atoms with Gasteiger partial charge in [-0.1, -0.05) is 98.8 Å². The summed E-state index contributed by atoms with van der Waals surface area (Å²) in [7, 11) is 1.97. The van der Waals surface area contributed by atoms with E-state index in [1.165, 1.54) is 16.7 Å². The molecule has 4 rings (SSSR count). The van der Waals surface area contributed by atoms with Crippen LogP contribution in [0.5, 0.6) is 0 Å². The first-order valence-corrected chi connectivity index (χ1v) is 16.5. The van der Waals surface area contributed by atoms with E-state index in [2.05, 4.69) is 101 Å². The molecule has 3 aromatic carbocycles. The van der Waals surface area contributed by atoms with E-state index in [1.807, 2.05) is 31.3 Å². The van der Waals surface area contributed by atoms with Gasteiger partial charge in [0.05, 0.1) is 12.6 Å². The zero-order valence-electron chi connectivity index (χ0n) is 26.7. The summed E-state index contributed by atoms with van der Waals surface area (Å²) < 4.78 is 0. The maximum atomic E-state index is 14.4. The molecule has 0 bridgehead atoms. The van der Waals surface area contributed by atoms with Crippen LogP contribution in [-0.2, 0) is 17.6 Å². The van der Waals surface area contributed by atoms with Gasteiger partial charge in [-0.15, -0.1) is 0 Å². The fourth-order valence-electron chi connectivity index (χ4n) is 6.17. The van der Waals surface area contributed by atoms with Crippen LogP contribution in [0.4, 0.5) is 0 Å². The number of benzene rings is 3. The molecule has 7 heteroatoms. The van der Waals surface area contributed by atoms with Crippen molar-refractivity contribution in [2.24, 2.45) is 0 Å². The predicted octanol–water partition coefficient (Wildman–Crippen LogP) is 5.81. The quantitative estimate of drug-likeness (QED) is 0.168. The Hall–Kier alpha value is -3.00. The van der Waals surface area contributed by atoms with E-state index in [4.69, 9.17) is 11.6 Å². The number of carbonyl (C=O) groups excluding carboxylic acids is 1. The number of likely N-dealkylation sites (N-methyl/N-ethyl adjacent to an activating group) is 2. The summed E-state index contributed by atoms with van der Waals surface area (Å²) in [5.74, 6) is 0.162. The van der Waals surface area contributed by atoms with Crippen LogP contribution in [0.1, 0.15) is 54.6 Å². The Morgan fingerprint density at radius 1 is 1.02 bits per heavy atom. The highest BCUT2D eigenvalue weighted by atomic mass is 35.5. The van der Waals surface area contributed by atoms with Gasteiger partial charge < -0.3 is 20.9 Å². The molecule has 3 N–H and O–H groups in total. The molecule has 6 nitrogen and oxygen atoms in total. The van der Waals surface area contributed by atoms with Crippen LogP contribution in [0.3, 0.4) is 0 Å². The SMILES string of the molecule is C=C(CC1NCCc2ccccc21)NC(Cc1ccc(Cl)cc1)C(=O)CN(CCNC)C(CN(CC)CC)c1ccccc1. The molecule has 44 heavy (non-hydrogen) atoms. The summed E-state index contributed by atoms with van der Waals surface area (Å²) >= 11 is 6.20. The lowest BCUT2D eigenvalue weighted by molar-refractivity contribution is -0.122. The van der Waals surface area contributed by atoms with Gasteiger partial charge in [0.15, 0.2) is 5.78 Å². The molecule has 1 heterocycles. The van der Waals surface area contributed by atoms with Gasteiger partial charge >= 0.3 is 0 Å². The summed E-state index contributed by atoms with van der Waals surface area (Å²) in [6, 6.07) is 26.9. The lowest BCUT2D eigenvalue weighted by Crippen LogP contribution is -2.48. The molecule has 0 saturated heterocycles. The number of rotatable bonds is 18. The average molecular weight is 616 g/mol. The molecule has 0 radical (unpaired) electrons. The van der Waals surface area contributed by atoms with E-state index in [0.717, 1.165) is 63.4 Å². The van der Waals surface area contributed by atoms with Crippen molar-refractivity contribution in [3.63, 3.8) is 0 Å². The Kier molecular flexibility index (Phi) is 13.5. The molecule has 3 unspecified atom stereocenters. The summed E-state index contributed by atoms with van der Waals surface area (Å²) in [4.78, 5) is 19.1. The number of carbonyl (C=O) groups is 1. The van der Waals surface area contributed by atoms with Crippen LogP contribution in [0.2, 0.25) is 5.02 Å². The zero-order valence-corrected chi connectivity index (χ0v) is 27.5. The number of hydrogen-bond donors (Lipinski definition) is 3. The largest absolute Gasteiger partial charge is 0.379 e. The highest BCUT2D eigenvalue weighted by Gasteiger charge is 2.29. The molecule has 1 aliphatic rings. The van der Waals surface area contributed by atoms with Crippen molar-refractivity contribution in [1.82, 2.24) is 25.8 Å². The van der Waals surface area contributed by atoms with Crippen molar-refractivity contribution in [3.05, 3.63) is 118 Å². The molecule has 0 amide bonds. The maximum Gasteiger partial charge on any atom is 0.169 e. The van der Waals surface area contributed by atoms with Crippen LogP contribution < -0.4 is 16.0 Å². The van der Waals surface area contributed by atoms with Crippen molar-refractivity contribution in [3.8, 4) is 0 Å². The highest BCUT2D eigenvalue weighted by Crippen LogP contribution is 2.27. The van der Waals surface area contributed by atoms with Gasteiger partial charge in [-0.25, -0.2) is 0 Å². The second-order valence-electron chi connectivity index (χ2n) is 11.7. The van der Waals surface area contributed by atoms with Gasteiger partial charge in [0.1, 0.15) is 0 Å². The molecule has 236 valence electrons. The third-order valence-corrected chi connectivity index (χ3v) is 9.00.